The molecule has 0 N–H and O–H groups in total. The molecular formula is C14H14F3NO. The summed E-state index contributed by atoms with van der Waals surface area (Å²) in [7, 11) is 0. The van der Waals surface area contributed by atoms with Gasteiger partial charge in [0, 0.05) is 13.0 Å². The smallest absolute Gasteiger partial charge is 0.267 e. The number of amides is 1. The summed E-state index contributed by atoms with van der Waals surface area (Å²) in [5.41, 5.74) is 0.844. The number of carbonyl (C=O) groups is 1. The SMILES string of the molecule is C=Cc1cc(C)c(C(=O)N2CCC(F)(F)C2)c(F)c1. The third-order valence-electron chi connectivity index (χ3n) is 3.22. The van der Waals surface area contributed by atoms with Gasteiger partial charge in [0.25, 0.3) is 11.8 Å². The second-order valence-electron chi connectivity index (χ2n) is 4.73. The summed E-state index contributed by atoms with van der Waals surface area (Å²) in [5.74, 6) is -4.25. The first kappa shape index (κ1) is 13.6. The molecule has 0 unspecified atom stereocenters. The van der Waals surface area contributed by atoms with Crippen LogP contribution < -0.4 is 0 Å². The molecule has 19 heavy (non-hydrogen) atoms. The second-order valence-corrected chi connectivity index (χ2v) is 4.73. The largest absolute Gasteiger partial charge is 0.332 e. The van der Waals surface area contributed by atoms with Gasteiger partial charge in [0.05, 0.1) is 12.1 Å². The molecule has 0 bridgehead atoms. The molecular weight excluding hydrogens is 255 g/mol. The third-order valence-corrected chi connectivity index (χ3v) is 3.22. The molecule has 0 saturated carbocycles. The molecule has 1 amide bonds. The molecule has 1 heterocycles. The number of hydrogen-bond acceptors (Lipinski definition) is 1. The first-order chi connectivity index (χ1) is 8.84. The van der Waals surface area contributed by atoms with Gasteiger partial charge in [-0.2, -0.15) is 0 Å². The van der Waals surface area contributed by atoms with E-state index < -0.39 is 24.2 Å². The van der Waals surface area contributed by atoms with Gasteiger partial charge in [0.2, 0.25) is 0 Å². The zero-order chi connectivity index (χ0) is 14.2. The van der Waals surface area contributed by atoms with Crippen molar-refractivity contribution < 1.29 is 18.0 Å². The molecule has 0 radical (unpaired) electrons. The molecule has 1 fully saturated rings. The molecule has 0 aromatic heterocycles. The van der Waals surface area contributed by atoms with Crippen LogP contribution in [0.2, 0.25) is 0 Å². The van der Waals surface area contributed by atoms with E-state index in [0.29, 0.717) is 11.1 Å². The van der Waals surface area contributed by atoms with Crippen molar-refractivity contribution in [3.8, 4) is 0 Å². The molecule has 1 aromatic carbocycles. The average Bonchev–Trinajstić information content (AvgIpc) is 2.68. The average molecular weight is 269 g/mol. The molecule has 1 aromatic rings. The van der Waals surface area contributed by atoms with Crippen LogP contribution in [0.5, 0.6) is 0 Å². The van der Waals surface area contributed by atoms with Crippen molar-refractivity contribution in [2.45, 2.75) is 19.3 Å². The van der Waals surface area contributed by atoms with Gasteiger partial charge >= 0.3 is 0 Å². The molecule has 1 aliphatic rings. The lowest BCUT2D eigenvalue weighted by Gasteiger charge is -2.18. The Labute approximate surface area is 109 Å². The highest BCUT2D eigenvalue weighted by atomic mass is 19.3. The Morgan fingerprint density at radius 1 is 1.47 bits per heavy atom. The Kier molecular flexibility index (Phi) is 3.39. The Bertz CT molecular complexity index is 516. The van der Waals surface area contributed by atoms with Crippen LogP contribution in [0.1, 0.15) is 27.9 Å². The van der Waals surface area contributed by atoms with Gasteiger partial charge in [-0.15, -0.1) is 0 Å². The first-order valence-electron chi connectivity index (χ1n) is 5.94. The molecule has 0 aliphatic carbocycles. The number of aryl methyl sites for hydroxylation is 1. The number of hydrogen-bond donors (Lipinski definition) is 0. The van der Waals surface area contributed by atoms with Crippen molar-refractivity contribution in [1.82, 2.24) is 4.90 Å². The highest BCUT2D eigenvalue weighted by Gasteiger charge is 2.41. The first-order valence-corrected chi connectivity index (χ1v) is 5.94. The van der Waals surface area contributed by atoms with Gasteiger partial charge in [-0.3, -0.25) is 4.79 Å². The van der Waals surface area contributed by atoms with Crippen molar-refractivity contribution >= 4 is 12.0 Å². The summed E-state index contributed by atoms with van der Waals surface area (Å²) in [6, 6.07) is 2.79. The van der Waals surface area contributed by atoms with Crippen molar-refractivity contribution in [3.63, 3.8) is 0 Å². The van der Waals surface area contributed by atoms with Gasteiger partial charge in [-0.05, 0) is 24.1 Å². The fourth-order valence-electron chi connectivity index (χ4n) is 2.23. The highest BCUT2D eigenvalue weighted by molar-refractivity contribution is 5.96. The molecule has 102 valence electrons. The van der Waals surface area contributed by atoms with Crippen LogP contribution in [-0.2, 0) is 0 Å². The van der Waals surface area contributed by atoms with Crippen molar-refractivity contribution in [3.05, 3.63) is 41.2 Å². The second kappa shape index (κ2) is 4.72. The maximum Gasteiger partial charge on any atom is 0.267 e. The van der Waals surface area contributed by atoms with Crippen LogP contribution in [0.15, 0.2) is 18.7 Å². The zero-order valence-electron chi connectivity index (χ0n) is 10.5. The molecule has 5 heteroatoms. The summed E-state index contributed by atoms with van der Waals surface area (Å²) >= 11 is 0. The predicted molar refractivity (Wildman–Crippen MR) is 66.7 cm³/mol. The minimum absolute atomic E-state index is 0.0477. The zero-order valence-corrected chi connectivity index (χ0v) is 10.5. The molecule has 2 nitrogen and oxygen atoms in total. The maximum atomic E-state index is 13.9. The highest BCUT2D eigenvalue weighted by Crippen LogP contribution is 2.29. The van der Waals surface area contributed by atoms with E-state index in [1.807, 2.05) is 0 Å². The number of alkyl halides is 2. The molecule has 0 atom stereocenters. The minimum Gasteiger partial charge on any atom is -0.332 e. The van der Waals surface area contributed by atoms with Crippen LogP contribution in [-0.4, -0.2) is 29.8 Å². The van der Waals surface area contributed by atoms with E-state index in [9.17, 15) is 18.0 Å². The normalized spacial score (nSPS) is 17.6. The number of benzene rings is 1. The number of carbonyl (C=O) groups excluding carboxylic acids is 1. The predicted octanol–water partition coefficient (Wildman–Crippen LogP) is 3.26. The Morgan fingerprint density at radius 2 is 2.16 bits per heavy atom. The minimum atomic E-state index is -2.87. The molecule has 2 rings (SSSR count). The number of nitrogens with zero attached hydrogens (tertiary/aromatic N) is 1. The van der Waals surface area contributed by atoms with E-state index in [2.05, 4.69) is 6.58 Å². The number of rotatable bonds is 2. The molecule has 0 spiro atoms. The van der Waals surface area contributed by atoms with E-state index in [-0.39, 0.29) is 18.5 Å². The molecule has 1 saturated heterocycles. The lowest BCUT2D eigenvalue weighted by molar-refractivity contribution is 0.0119. The van der Waals surface area contributed by atoms with Crippen molar-refractivity contribution in [2.24, 2.45) is 0 Å². The summed E-state index contributed by atoms with van der Waals surface area (Å²) in [6.45, 7) is 4.41. The molecule has 1 aliphatic heterocycles. The summed E-state index contributed by atoms with van der Waals surface area (Å²) in [6.07, 6.45) is 1.10. The topological polar surface area (TPSA) is 20.3 Å². The number of likely N-dealkylation sites (tertiary alicyclic amines) is 1. The van der Waals surface area contributed by atoms with Gasteiger partial charge in [-0.1, -0.05) is 18.7 Å². The Balaban J connectivity index is 2.32. The van der Waals surface area contributed by atoms with E-state index in [0.717, 1.165) is 4.90 Å². The van der Waals surface area contributed by atoms with E-state index in [1.54, 1.807) is 13.0 Å². The maximum absolute atomic E-state index is 13.9. The Hall–Kier alpha value is -1.78. The third kappa shape index (κ3) is 2.64. The van der Waals surface area contributed by atoms with Gasteiger partial charge in [0.1, 0.15) is 5.82 Å². The van der Waals surface area contributed by atoms with E-state index in [1.165, 1.54) is 12.1 Å². The van der Waals surface area contributed by atoms with Crippen LogP contribution in [0.4, 0.5) is 13.2 Å². The van der Waals surface area contributed by atoms with Crippen LogP contribution >= 0.6 is 0 Å². The van der Waals surface area contributed by atoms with E-state index >= 15 is 0 Å². The lowest BCUT2D eigenvalue weighted by Crippen LogP contribution is -2.32. The standard InChI is InChI=1S/C14H14F3NO/c1-3-10-6-9(2)12(11(15)7-10)13(19)18-5-4-14(16,17)8-18/h3,6-7H,1,4-5,8H2,2H3. The van der Waals surface area contributed by atoms with E-state index in [4.69, 9.17) is 0 Å². The van der Waals surface area contributed by atoms with Gasteiger partial charge in [0.15, 0.2) is 0 Å². The van der Waals surface area contributed by atoms with Crippen molar-refractivity contribution in [1.29, 1.82) is 0 Å². The fraction of sp³-hybridized carbons (Fsp3) is 0.357. The number of halogens is 3. The lowest BCUT2D eigenvalue weighted by atomic mass is 10.0. The van der Waals surface area contributed by atoms with Crippen LogP contribution in [0.25, 0.3) is 6.08 Å². The van der Waals surface area contributed by atoms with Gasteiger partial charge < -0.3 is 4.90 Å². The van der Waals surface area contributed by atoms with Crippen LogP contribution in [0.3, 0.4) is 0 Å². The summed E-state index contributed by atoms with van der Waals surface area (Å²) in [4.78, 5) is 13.1. The Morgan fingerprint density at radius 3 is 2.63 bits per heavy atom. The van der Waals surface area contributed by atoms with Gasteiger partial charge in [-0.25, -0.2) is 13.2 Å². The quantitative estimate of drug-likeness (QED) is 0.807. The van der Waals surface area contributed by atoms with Crippen LogP contribution in [0, 0.1) is 12.7 Å². The van der Waals surface area contributed by atoms with Crippen molar-refractivity contribution in [2.75, 3.05) is 13.1 Å². The summed E-state index contributed by atoms with van der Waals surface area (Å²) < 4.78 is 40.1. The summed E-state index contributed by atoms with van der Waals surface area (Å²) in [5, 5.41) is 0. The fourth-order valence-corrected chi connectivity index (χ4v) is 2.23. The monoisotopic (exact) mass is 269 g/mol.